The van der Waals surface area contributed by atoms with Crippen LogP contribution in [0.5, 0.6) is 0 Å². The number of hydrogen-bond donors (Lipinski definition) is 0. The van der Waals surface area contributed by atoms with Gasteiger partial charge in [0.1, 0.15) is 5.76 Å². The third kappa shape index (κ3) is 3.82. The molecule has 0 N–H and O–H groups in total. The first kappa shape index (κ1) is 22.4. The number of methoxy groups -OCH3 is 1. The number of aromatic nitrogens is 1. The second-order valence-electron chi connectivity index (χ2n) is 8.38. The zero-order chi connectivity index (χ0) is 23.9. The summed E-state index contributed by atoms with van der Waals surface area (Å²) >= 11 is 0. The van der Waals surface area contributed by atoms with Gasteiger partial charge in [-0.3, -0.25) is 4.79 Å². The number of allylic oxidation sites excluding steroid dienone is 1. The van der Waals surface area contributed by atoms with Crippen LogP contribution in [-0.4, -0.2) is 28.5 Å². The minimum Gasteiger partial charge on any atom is -0.467 e. The van der Waals surface area contributed by atoms with Gasteiger partial charge in [-0.1, -0.05) is 18.2 Å². The Balaban J connectivity index is 1.83. The highest BCUT2D eigenvalue weighted by atomic mass is 16.5. The lowest BCUT2D eigenvalue weighted by molar-refractivity contribution is -0.136. The van der Waals surface area contributed by atoms with Gasteiger partial charge in [0.2, 0.25) is 0 Å². The monoisotopic (exact) mass is 444 g/mol. The van der Waals surface area contributed by atoms with Crippen LogP contribution in [0.15, 0.2) is 63.9 Å². The zero-order valence-electron chi connectivity index (χ0n) is 19.9. The number of esters is 1. The molecule has 0 spiro atoms. The Morgan fingerprint density at radius 3 is 2.36 bits per heavy atom. The molecule has 3 aromatic rings. The molecule has 0 fully saturated rings. The van der Waals surface area contributed by atoms with Crippen molar-refractivity contribution < 1.29 is 18.7 Å². The molecule has 1 amide bonds. The molecule has 33 heavy (non-hydrogen) atoms. The van der Waals surface area contributed by atoms with Crippen LogP contribution in [0.1, 0.15) is 40.8 Å². The molecule has 0 radical (unpaired) electrons. The van der Waals surface area contributed by atoms with Crippen LogP contribution in [-0.2, 0) is 20.9 Å². The SMILES string of the molecule is COC(=O)C1=C(C)N(Cc2ccco2)C(=O)/C1=C\c1cc(C)n(-c2c(C)cccc2C)c1C. The molecule has 3 heterocycles. The number of nitrogens with zero attached hydrogens (tertiary/aromatic N) is 2. The molecular formula is C27H28N2O4. The number of benzene rings is 1. The summed E-state index contributed by atoms with van der Waals surface area (Å²) in [5.74, 6) is -0.139. The average Bonchev–Trinajstić information content (AvgIpc) is 3.44. The van der Waals surface area contributed by atoms with Crippen molar-refractivity contribution >= 4 is 18.0 Å². The Hall–Kier alpha value is -3.80. The molecule has 0 saturated carbocycles. The number of rotatable bonds is 5. The van der Waals surface area contributed by atoms with Crippen molar-refractivity contribution in [3.05, 3.63) is 93.3 Å². The first-order valence-electron chi connectivity index (χ1n) is 10.9. The number of para-hydroxylation sites is 1. The van der Waals surface area contributed by atoms with Gasteiger partial charge < -0.3 is 18.6 Å². The summed E-state index contributed by atoms with van der Waals surface area (Å²) in [6, 6.07) is 11.8. The van der Waals surface area contributed by atoms with Gasteiger partial charge in [-0.2, -0.15) is 0 Å². The highest BCUT2D eigenvalue weighted by Crippen LogP contribution is 2.34. The third-order valence-electron chi connectivity index (χ3n) is 6.23. The maximum Gasteiger partial charge on any atom is 0.340 e. The lowest BCUT2D eigenvalue weighted by atomic mass is 10.0. The maximum atomic E-state index is 13.4. The number of hydrogen-bond acceptors (Lipinski definition) is 4. The molecule has 0 unspecified atom stereocenters. The van der Waals surface area contributed by atoms with Crippen LogP contribution in [0.4, 0.5) is 0 Å². The lowest BCUT2D eigenvalue weighted by Crippen LogP contribution is -2.24. The highest BCUT2D eigenvalue weighted by molar-refractivity contribution is 6.16. The number of ether oxygens (including phenoxy) is 1. The van der Waals surface area contributed by atoms with E-state index in [9.17, 15) is 9.59 Å². The fourth-order valence-corrected chi connectivity index (χ4v) is 4.57. The standard InChI is InChI=1S/C27H28N2O4/c1-16-9-7-10-17(2)25(16)29-18(3)13-21(19(29)4)14-23-24(27(31)32-6)20(5)28(26(23)30)15-22-11-8-12-33-22/h7-14H,15H2,1-6H3/b23-14-. The molecule has 1 aliphatic rings. The average molecular weight is 445 g/mol. The lowest BCUT2D eigenvalue weighted by Gasteiger charge is -2.16. The van der Waals surface area contributed by atoms with Crippen LogP contribution in [0.2, 0.25) is 0 Å². The topological polar surface area (TPSA) is 64.7 Å². The summed E-state index contributed by atoms with van der Waals surface area (Å²) in [5, 5.41) is 0. The van der Waals surface area contributed by atoms with Crippen LogP contribution in [0.25, 0.3) is 11.8 Å². The predicted octanol–water partition coefficient (Wildman–Crippen LogP) is 5.18. The smallest absolute Gasteiger partial charge is 0.340 e. The van der Waals surface area contributed by atoms with Crippen LogP contribution >= 0.6 is 0 Å². The van der Waals surface area contributed by atoms with E-state index in [1.54, 1.807) is 36.3 Å². The van der Waals surface area contributed by atoms with Gasteiger partial charge in [-0.25, -0.2) is 4.79 Å². The normalized spacial score (nSPS) is 15.2. The predicted molar refractivity (Wildman–Crippen MR) is 127 cm³/mol. The van der Waals surface area contributed by atoms with E-state index in [4.69, 9.17) is 9.15 Å². The van der Waals surface area contributed by atoms with Crippen molar-refractivity contribution in [2.45, 2.75) is 41.2 Å². The van der Waals surface area contributed by atoms with Gasteiger partial charge in [0.15, 0.2) is 0 Å². The molecule has 6 nitrogen and oxygen atoms in total. The Morgan fingerprint density at radius 2 is 1.76 bits per heavy atom. The van der Waals surface area contributed by atoms with Crippen molar-refractivity contribution in [2.24, 2.45) is 0 Å². The van der Waals surface area contributed by atoms with E-state index in [0.717, 1.165) is 22.6 Å². The van der Waals surface area contributed by atoms with Crippen LogP contribution in [0.3, 0.4) is 0 Å². The Morgan fingerprint density at radius 1 is 1.06 bits per heavy atom. The first-order chi connectivity index (χ1) is 15.7. The largest absolute Gasteiger partial charge is 0.467 e. The minimum atomic E-state index is -0.530. The van der Waals surface area contributed by atoms with Gasteiger partial charge >= 0.3 is 5.97 Å². The van der Waals surface area contributed by atoms with Gasteiger partial charge in [0.25, 0.3) is 5.91 Å². The number of furan rings is 1. The van der Waals surface area contributed by atoms with E-state index in [2.05, 4.69) is 30.5 Å². The molecule has 0 bridgehead atoms. The first-order valence-corrected chi connectivity index (χ1v) is 10.9. The van der Waals surface area contributed by atoms with Crippen molar-refractivity contribution in [1.29, 1.82) is 0 Å². The van der Waals surface area contributed by atoms with E-state index >= 15 is 0 Å². The molecular weight excluding hydrogens is 416 g/mol. The molecule has 0 aliphatic carbocycles. The van der Waals surface area contributed by atoms with E-state index in [0.29, 0.717) is 17.0 Å². The van der Waals surface area contributed by atoms with Crippen molar-refractivity contribution in [3.63, 3.8) is 0 Å². The van der Waals surface area contributed by atoms with Gasteiger partial charge in [-0.05, 0) is 75.6 Å². The molecule has 1 aliphatic heterocycles. The Kier molecular flexibility index (Phi) is 5.85. The molecule has 4 rings (SSSR count). The minimum absolute atomic E-state index is 0.247. The molecule has 6 heteroatoms. The zero-order valence-corrected chi connectivity index (χ0v) is 19.9. The summed E-state index contributed by atoms with van der Waals surface area (Å²) in [6.45, 7) is 10.3. The Bertz CT molecular complexity index is 1290. The summed E-state index contributed by atoms with van der Waals surface area (Å²) in [7, 11) is 1.33. The summed E-state index contributed by atoms with van der Waals surface area (Å²) < 4.78 is 12.6. The van der Waals surface area contributed by atoms with Gasteiger partial charge in [0, 0.05) is 17.1 Å². The second-order valence-corrected chi connectivity index (χ2v) is 8.38. The van der Waals surface area contributed by atoms with Crippen molar-refractivity contribution in [1.82, 2.24) is 9.47 Å². The molecule has 1 aromatic carbocycles. The molecule has 0 saturated heterocycles. The quantitative estimate of drug-likeness (QED) is 0.402. The van der Waals surface area contributed by atoms with Gasteiger partial charge in [-0.15, -0.1) is 0 Å². The fourth-order valence-electron chi connectivity index (χ4n) is 4.57. The second kappa shape index (κ2) is 8.62. The molecule has 0 atom stereocenters. The molecule has 2 aromatic heterocycles. The number of carbonyl (C=O) groups excluding carboxylic acids is 2. The van der Waals surface area contributed by atoms with E-state index in [1.165, 1.54) is 18.2 Å². The van der Waals surface area contributed by atoms with Crippen molar-refractivity contribution in [3.8, 4) is 5.69 Å². The molecule has 170 valence electrons. The Labute approximate surface area is 193 Å². The van der Waals surface area contributed by atoms with Crippen LogP contribution < -0.4 is 0 Å². The third-order valence-corrected chi connectivity index (χ3v) is 6.23. The van der Waals surface area contributed by atoms with Crippen molar-refractivity contribution in [2.75, 3.05) is 7.11 Å². The highest BCUT2D eigenvalue weighted by Gasteiger charge is 2.37. The van der Waals surface area contributed by atoms with E-state index in [-0.39, 0.29) is 18.0 Å². The summed E-state index contributed by atoms with van der Waals surface area (Å²) in [6.07, 6.45) is 3.36. The number of amides is 1. The van der Waals surface area contributed by atoms with E-state index < -0.39 is 5.97 Å². The summed E-state index contributed by atoms with van der Waals surface area (Å²) in [5.41, 5.74) is 7.57. The summed E-state index contributed by atoms with van der Waals surface area (Å²) in [4.78, 5) is 27.6. The van der Waals surface area contributed by atoms with Crippen LogP contribution in [0, 0.1) is 27.7 Å². The maximum absolute atomic E-state index is 13.4. The van der Waals surface area contributed by atoms with E-state index in [1.807, 2.05) is 26.0 Å². The number of aryl methyl sites for hydroxylation is 3. The number of carbonyl (C=O) groups is 2. The fraction of sp³-hybridized carbons (Fsp3) is 0.259. The van der Waals surface area contributed by atoms with Gasteiger partial charge in [0.05, 0.1) is 36.8 Å².